The molecule has 3 rings (SSSR count). The summed E-state index contributed by atoms with van der Waals surface area (Å²) in [6.07, 6.45) is 14.4. The van der Waals surface area contributed by atoms with Crippen LogP contribution in [0.1, 0.15) is 71.1 Å². The summed E-state index contributed by atoms with van der Waals surface area (Å²) in [6, 6.07) is 0.832. The Morgan fingerprint density at radius 1 is 0.947 bits per heavy atom. The quantitative estimate of drug-likeness (QED) is 0.835. The van der Waals surface area contributed by atoms with Crippen LogP contribution < -0.4 is 5.32 Å². The summed E-state index contributed by atoms with van der Waals surface area (Å²) >= 11 is 0. The molecule has 0 bridgehead atoms. The third-order valence-electron chi connectivity index (χ3n) is 5.90. The Hall–Kier alpha value is -0.0800. The number of hydrogen-bond acceptors (Lipinski definition) is 2. The average molecular weight is 264 g/mol. The van der Waals surface area contributed by atoms with E-state index in [-0.39, 0.29) is 0 Å². The molecule has 0 spiro atoms. The molecule has 0 atom stereocenters. The molecule has 0 aromatic carbocycles. The predicted molar refractivity (Wildman–Crippen MR) is 81.4 cm³/mol. The van der Waals surface area contributed by atoms with Crippen LogP contribution in [-0.2, 0) is 0 Å². The number of nitrogens with one attached hydrogen (secondary N) is 1. The van der Waals surface area contributed by atoms with Crippen LogP contribution in [0, 0.1) is 5.92 Å². The van der Waals surface area contributed by atoms with E-state index in [1.807, 2.05) is 0 Å². The van der Waals surface area contributed by atoms with E-state index in [0.29, 0.717) is 5.54 Å². The molecule has 1 aliphatic heterocycles. The number of rotatable bonds is 4. The van der Waals surface area contributed by atoms with Gasteiger partial charge in [0.15, 0.2) is 0 Å². The normalized spacial score (nSPS) is 35.8. The molecule has 0 amide bonds. The molecular weight excluding hydrogens is 232 g/mol. The van der Waals surface area contributed by atoms with Crippen molar-refractivity contribution >= 4 is 0 Å². The molecule has 110 valence electrons. The number of nitrogens with zero attached hydrogens (tertiary/aromatic N) is 1. The summed E-state index contributed by atoms with van der Waals surface area (Å²) in [5.74, 6) is 0.967. The van der Waals surface area contributed by atoms with E-state index in [4.69, 9.17) is 0 Å². The lowest BCUT2D eigenvalue weighted by molar-refractivity contribution is 0.0272. The second-order valence-corrected chi connectivity index (χ2v) is 7.49. The maximum absolute atomic E-state index is 3.92. The van der Waals surface area contributed by atoms with Crippen LogP contribution in [0.2, 0.25) is 0 Å². The van der Waals surface area contributed by atoms with Gasteiger partial charge in [0.2, 0.25) is 0 Å². The fraction of sp³-hybridized carbons (Fsp3) is 1.00. The topological polar surface area (TPSA) is 15.3 Å². The third-order valence-corrected chi connectivity index (χ3v) is 5.90. The fourth-order valence-electron chi connectivity index (χ4n) is 4.59. The van der Waals surface area contributed by atoms with Crippen molar-refractivity contribution in [1.82, 2.24) is 10.2 Å². The second-order valence-electron chi connectivity index (χ2n) is 7.49. The number of hydrogen-bond donors (Lipinski definition) is 1. The zero-order chi connectivity index (χ0) is 13.1. The molecule has 0 aromatic heterocycles. The Morgan fingerprint density at radius 2 is 1.58 bits per heavy atom. The van der Waals surface area contributed by atoms with Gasteiger partial charge >= 0.3 is 0 Å². The van der Waals surface area contributed by atoms with Gasteiger partial charge in [0.05, 0.1) is 0 Å². The van der Waals surface area contributed by atoms with E-state index in [2.05, 4.69) is 17.1 Å². The van der Waals surface area contributed by atoms with Crippen LogP contribution >= 0.6 is 0 Å². The fourth-order valence-corrected chi connectivity index (χ4v) is 4.59. The van der Waals surface area contributed by atoms with Gasteiger partial charge in [0.1, 0.15) is 0 Å². The molecule has 0 aromatic rings. The summed E-state index contributed by atoms with van der Waals surface area (Å²) in [5.41, 5.74) is 0.525. The van der Waals surface area contributed by atoms with E-state index in [9.17, 15) is 0 Å². The van der Waals surface area contributed by atoms with Gasteiger partial charge in [0.25, 0.3) is 0 Å². The summed E-state index contributed by atoms with van der Waals surface area (Å²) in [4.78, 5) is 2.87. The molecule has 19 heavy (non-hydrogen) atoms. The Bertz CT molecular complexity index is 271. The van der Waals surface area contributed by atoms with Gasteiger partial charge in [-0.3, -0.25) is 4.90 Å². The van der Waals surface area contributed by atoms with Crippen LogP contribution in [0.3, 0.4) is 0 Å². The molecule has 1 N–H and O–H groups in total. The van der Waals surface area contributed by atoms with Crippen molar-refractivity contribution in [3.05, 3.63) is 0 Å². The van der Waals surface area contributed by atoms with Crippen molar-refractivity contribution in [2.45, 2.75) is 82.7 Å². The molecule has 1 heterocycles. The van der Waals surface area contributed by atoms with Crippen molar-refractivity contribution in [1.29, 1.82) is 0 Å². The summed E-state index contributed by atoms with van der Waals surface area (Å²) in [7, 11) is 0. The molecule has 2 nitrogen and oxygen atoms in total. The first kappa shape index (κ1) is 13.9. The molecule has 2 saturated carbocycles. The Kier molecular flexibility index (Phi) is 4.48. The molecule has 0 radical (unpaired) electrons. The van der Waals surface area contributed by atoms with Crippen molar-refractivity contribution < 1.29 is 0 Å². The van der Waals surface area contributed by atoms with Crippen LogP contribution in [0.15, 0.2) is 0 Å². The maximum Gasteiger partial charge on any atom is 0.0334 e. The Balaban J connectivity index is 1.58. The number of likely N-dealkylation sites (tertiary alicyclic amines) is 1. The largest absolute Gasteiger partial charge is 0.312 e. The van der Waals surface area contributed by atoms with E-state index in [1.165, 1.54) is 83.8 Å². The van der Waals surface area contributed by atoms with Gasteiger partial charge in [0, 0.05) is 18.1 Å². The van der Waals surface area contributed by atoms with Crippen molar-refractivity contribution in [3.63, 3.8) is 0 Å². The maximum atomic E-state index is 3.92. The highest BCUT2D eigenvalue weighted by Crippen LogP contribution is 2.36. The first-order valence-corrected chi connectivity index (χ1v) is 8.77. The van der Waals surface area contributed by atoms with Gasteiger partial charge in [-0.05, 0) is 57.5 Å². The molecule has 0 unspecified atom stereocenters. The first-order chi connectivity index (χ1) is 9.28. The first-order valence-electron chi connectivity index (χ1n) is 8.77. The van der Waals surface area contributed by atoms with Crippen LogP contribution in [-0.4, -0.2) is 36.1 Å². The molecule has 3 fully saturated rings. The lowest BCUT2D eigenvalue weighted by Gasteiger charge is -2.50. The SMILES string of the molecule is CC1CC(NCC2(N3CCCCC3)CCCCC2)C1. The summed E-state index contributed by atoms with van der Waals surface area (Å²) in [6.45, 7) is 6.38. The van der Waals surface area contributed by atoms with Crippen LogP contribution in [0.4, 0.5) is 0 Å². The number of piperidine rings is 1. The summed E-state index contributed by atoms with van der Waals surface area (Å²) < 4.78 is 0. The van der Waals surface area contributed by atoms with E-state index in [0.717, 1.165) is 12.0 Å². The smallest absolute Gasteiger partial charge is 0.0334 e. The zero-order valence-electron chi connectivity index (χ0n) is 12.8. The van der Waals surface area contributed by atoms with E-state index < -0.39 is 0 Å². The van der Waals surface area contributed by atoms with Gasteiger partial charge in [-0.25, -0.2) is 0 Å². The minimum Gasteiger partial charge on any atom is -0.312 e. The Labute approximate surface area is 119 Å². The van der Waals surface area contributed by atoms with Gasteiger partial charge in [-0.2, -0.15) is 0 Å². The monoisotopic (exact) mass is 264 g/mol. The highest BCUT2D eigenvalue weighted by atomic mass is 15.2. The minimum atomic E-state index is 0.525. The van der Waals surface area contributed by atoms with Crippen LogP contribution in [0.25, 0.3) is 0 Å². The van der Waals surface area contributed by atoms with Crippen molar-refractivity contribution in [3.8, 4) is 0 Å². The standard InChI is InChI=1S/C17H32N2/c1-15-12-16(13-15)18-14-17(8-4-2-5-9-17)19-10-6-3-7-11-19/h15-16,18H,2-14H2,1H3. The van der Waals surface area contributed by atoms with E-state index >= 15 is 0 Å². The highest BCUT2D eigenvalue weighted by molar-refractivity contribution is 4.97. The van der Waals surface area contributed by atoms with Gasteiger partial charge in [-0.15, -0.1) is 0 Å². The lowest BCUT2D eigenvalue weighted by atomic mass is 9.77. The predicted octanol–water partition coefficient (Wildman–Crippen LogP) is 3.56. The highest BCUT2D eigenvalue weighted by Gasteiger charge is 2.39. The molecule has 2 heteroatoms. The molecule has 2 aliphatic carbocycles. The average Bonchev–Trinajstić information content (AvgIpc) is 2.44. The molecule has 3 aliphatic rings. The third kappa shape index (κ3) is 3.16. The second kappa shape index (κ2) is 6.13. The van der Waals surface area contributed by atoms with E-state index in [1.54, 1.807) is 0 Å². The van der Waals surface area contributed by atoms with Crippen LogP contribution in [0.5, 0.6) is 0 Å². The van der Waals surface area contributed by atoms with Crippen molar-refractivity contribution in [2.75, 3.05) is 19.6 Å². The summed E-state index contributed by atoms with van der Waals surface area (Å²) in [5, 5.41) is 3.92. The lowest BCUT2D eigenvalue weighted by Crippen LogP contribution is -2.59. The van der Waals surface area contributed by atoms with Gasteiger partial charge < -0.3 is 5.32 Å². The molecule has 1 saturated heterocycles. The van der Waals surface area contributed by atoms with Crippen molar-refractivity contribution in [2.24, 2.45) is 5.92 Å². The minimum absolute atomic E-state index is 0.525. The van der Waals surface area contributed by atoms with Gasteiger partial charge in [-0.1, -0.05) is 32.6 Å². The molecular formula is C17H32N2. The zero-order valence-corrected chi connectivity index (χ0v) is 12.8. The Morgan fingerprint density at radius 3 is 2.21 bits per heavy atom.